The van der Waals surface area contributed by atoms with Crippen LogP contribution in [0.4, 0.5) is 5.69 Å². The van der Waals surface area contributed by atoms with E-state index in [9.17, 15) is 9.59 Å². The van der Waals surface area contributed by atoms with Gasteiger partial charge in [0.25, 0.3) is 5.91 Å². The number of nitrogens with one attached hydrogen (secondary N) is 1. The van der Waals surface area contributed by atoms with Crippen molar-refractivity contribution < 1.29 is 19.1 Å². The van der Waals surface area contributed by atoms with Crippen molar-refractivity contribution in [2.45, 2.75) is 6.92 Å². The molecule has 2 aromatic carbocycles. The molecule has 0 atom stereocenters. The van der Waals surface area contributed by atoms with Crippen LogP contribution in [0.15, 0.2) is 40.9 Å². The molecule has 0 unspecified atom stereocenters. The van der Waals surface area contributed by atoms with Crippen LogP contribution in [-0.4, -0.2) is 25.6 Å². The molecule has 0 fully saturated rings. The molecule has 0 aliphatic carbocycles. The molecule has 1 amide bonds. The predicted molar refractivity (Wildman–Crippen MR) is 95.8 cm³/mol. The summed E-state index contributed by atoms with van der Waals surface area (Å²) < 4.78 is 10.9. The molecule has 1 N–H and O–H groups in total. The van der Waals surface area contributed by atoms with Gasteiger partial charge in [-0.05, 0) is 42.8 Å². The molecule has 2 aromatic rings. The maximum atomic E-state index is 12.1. The van der Waals surface area contributed by atoms with Gasteiger partial charge >= 0.3 is 5.97 Å². The number of aryl methyl sites for hydroxylation is 1. The summed E-state index contributed by atoms with van der Waals surface area (Å²) in [7, 11) is 1.30. The highest BCUT2D eigenvalue weighted by atomic mass is 79.9. The third-order valence-electron chi connectivity index (χ3n) is 3.18. The van der Waals surface area contributed by atoms with Crippen molar-refractivity contribution in [1.82, 2.24) is 0 Å². The fourth-order valence-corrected chi connectivity index (χ4v) is 2.43. The van der Waals surface area contributed by atoms with Gasteiger partial charge in [0.2, 0.25) is 0 Å². The molecule has 5 nitrogen and oxygen atoms in total. The normalized spacial score (nSPS) is 10.2. The van der Waals surface area contributed by atoms with Crippen LogP contribution >= 0.6 is 27.5 Å². The third kappa shape index (κ3) is 4.72. The summed E-state index contributed by atoms with van der Waals surface area (Å²) in [6.45, 7) is 1.61. The van der Waals surface area contributed by atoms with E-state index in [0.717, 1.165) is 10.0 Å². The highest BCUT2D eigenvalue weighted by Crippen LogP contribution is 2.28. The molecule has 0 saturated carbocycles. The van der Waals surface area contributed by atoms with E-state index in [-0.39, 0.29) is 12.5 Å². The summed E-state index contributed by atoms with van der Waals surface area (Å²) in [6, 6.07) is 10.0. The Labute approximate surface area is 153 Å². The standard InChI is InChI=1S/C17H15BrClNO4/c1-10-3-4-11(17(22)23-2)7-14(10)20-16(21)9-24-15-8-12(18)5-6-13(15)19/h3-8H,9H2,1-2H3,(H,20,21). The molecule has 0 spiro atoms. The van der Waals surface area contributed by atoms with E-state index in [1.165, 1.54) is 7.11 Å². The van der Waals surface area contributed by atoms with E-state index < -0.39 is 5.97 Å². The Bertz CT molecular complexity index is 779. The van der Waals surface area contributed by atoms with Crippen molar-refractivity contribution >= 4 is 45.1 Å². The Morgan fingerprint density at radius 3 is 2.67 bits per heavy atom. The van der Waals surface area contributed by atoms with E-state index in [1.807, 2.05) is 6.92 Å². The first-order chi connectivity index (χ1) is 11.4. The van der Waals surface area contributed by atoms with Crippen molar-refractivity contribution in [3.63, 3.8) is 0 Å². The summed E-state index contributed by atoms with van der Waals surface area (Å²) in [4.78, 5) is 23.6. The Hall–Kier alpha value is -2.05. The van der Waals surface area contributed by atoms with Crippen LogP contribution < -0.4 is 10.1 Å². The number of carbonyl (C=O) groups excluding carboxylic acids is 2. The number of amides is 1. The van der Waals surface area contributed by atoms with Crippen molar-refractivity contribution in [2.75, 3.05) is 19.0 Å². The minimum atomic E-state index is -0.470. The zero-order chi connectivity index (χ0) is 17.7. The molecule has 0 saturated heterocycles. The number of anilines is 1. The van der Waals surface area contributed by atoms with Crippen LogP contribution in [0.2, 0.25) is 5.02 Å². The molecule has 0 radical (unpaired) electrons. The number of hydrogen-bond donors (Lipinski definition) is 1. The van der Waals surface area contributed by atoms with Gasteiger partial charge in [0.15, 0.2) is 6.61 Å². The second kappa shape index (κ2) is 8.17. The first kappa shape index (κ1) is 18.3. The lowest BCUT2D eigenvalue weighted by molar-refractivity contribution is -0.118. The van der Waals surface area contributed by atoms with Crippen LogP contribution in [0.5, 0.6) is 5.75 Å². The van der Waals surface area contributed by atoms with E-state index >= 15 is 0 Å². The van der Waals surface area contributed by atoms with E-state index in [0.29, 0.717) is 22.0 Å². The molecule has 0 aromatic heterocycles. The average molecular weight is 413 g/mol. The topological polar surface area (TPSA) is 64.6 Å². The molecule has 126 valence electrons. The highest BCUT2D eigenvalue weighted by molar-refractivity contribution is 9.10. The van der Waals surface area contributed by atoms with Crippen LogP contribution in [0.3, 0.4) is 0 Å². The molecule has 0 aliphatic rings. The Morgan fingerprint density at radius 1 is 1.21 bits per heavy atom. The number of hydrogen-bond acceptors (Lipinski definition) is 4. The van der Waals surface area contributed by atoms with Gasteiger partial charge in [-0.3, -0.25) is 4.79 Å². The molecular formula is C17H15BrClNO4. The van der Waals surface area contributed by atoms with E-state index in [2.05, 4.69) is 26.0 Å². The average Bonchev–Trinajstić information content (AvgIpc) is 2.57. The molecule has 0 heterocycles. The van der Waals surface area contributed by atoms with Gasteiger partial charge in [0.05, 0.1) is 17.7 Å². The largest absolute Gasteiger partial charge is 0.482 e. The van der Waals surface area contributed by atoms with Gasteiger partial charge in [-0.1, -0.05) is 33.6 Å². The third-order valence-corrected chi connectivity index (χ3v) is 3.99. The van der Waals surface area contributed by atoms with Crippen LogP contribution in [-0.2, 0) is 9.53 Å². The highest BCUT2D eigenvalue weighted by Gasteiger charge is 2.11. The molecule has 7 heteroatoms. The Kier molecular flexibility index (Phi) is 6.23. The Morgan fingerprint density at radius 2 is 1.96 bits per heavy atom. The summed E-state index contributed by atoms with van der Waals surface area (Å²) in [5.74, 6) is -0.431. The van der Waals surface area contributed by atoms with Crippen molar-refractivity contribution in [2.24, 2.45) is 0 Å². The minimum absolute atomic E-state index is 0.210. The number of esters is 1. The van der Waals surface area contributed by atoms with Gasteiger partial charge in [-0.25, -0.2) is 4.79 Å². The minimum Gasteiger partial charge on any atom is -0.482 e. The second-order valence-electron chi connectivity index (χ2n) is 4.93. The maximum absolute atomic E-state index is 12.1. The number of benzene rings is 2. The number of halogens is 2. The van der Waals surface area contributed by atoms with Crippen molar-refractivity contribution in [1.29, 1.82) is 0 Å². The second-order valence-corrected chi connectivity index (χ2v) is 6.26. The molecule has 0 aliphatic heterocycles. The first-order valence-electron chi connectivity index (χ1n) is 6.97. The lowest BCUT2D eigenvalue weighted by Gasteiger charge is -2.11. The van der Waals surface area contributed by atoms with Crippen LogP contribution in [0.25, 0.3) is 0 Å². The quantitative estimate of drug-likeness (QED) is 0.747. The number of methoxy groups -OCH3 is 1. The lowest BCUT2D eigenvalue weighted by Crippen LogP contribution is -2.21. The molecule has 24 heavy (non-hydrogen) atoms. The molecule has 2 rings (SSSR count). The summed E-state index contributed by atoms with van der Waals surface area (Å²) in [5, 5.41) is 3.12. The van der Waals surface area contributed by atoms with Gasteiger partial charge in [-0.2, -0.15) is 0 Å². The zero-order valence-corrected chi connectivity index (χ0v) is 15.4. The van der Waals surface area contributed by atoms with Crippen molar-refractivity contribution in [3.05, 3.63) is 57.0 Å². The maximum Gasteiger partial charge on any atom is 0.337 e. The molecular weight excluding hydrogens is 398 g/mol. The van der Waals surface area contributed by atoms with E-state index in [4.69, 9.17) is 16.3 Å². The smallest absolute Gasteiger partial charge is 0.337 e. The zero-order valence-electron chi connectivity index (χ0n) is 13.1. The van der Waals surface area contributed by atoms with E-state index in [1.54, 1.807) is 36.4 Å². The predicted octanol–water partition coefficient (Wildman–Crippen LogP) is 4.22. The van der Waals surface area contributed by atoms with Gasteiger partial charge < -0.3 is 14.8 Å². The lowest BCUT2D eigenvalue weighted by atomic mass is 10.1. The van der Waals surface area contributed by atoms with Gasteiger partial charge in [0.1, 0.15) is 5.75 Å². The van der Waals surface area contributed by atoms with Crippen LogP contribution in [0.1, 0.15) is 15.9 Å². The Balaban J connectivity index is 2.04. The monoisotopic (exact) mass is 411 g/mol. The number of carbonyl (C=O) groups is 2. The first-order valence-corrected chi connectivity index (χ1v) is 8.14. The summed E-state index contributed by atoms with van der Waals surface area (Å²) in [6.07, 6.45) is 0. The van der Waals surface area contributed by atoms with Crippen LogP contribution in [0, 0.1) is 6.92 Å². The van der Waals surface area contributed by atoms with Crippen molar-refractivity contribution in [3.8, 4) is 5.75 Å². The fourth-order valence-electron chi connectivity index (χ4n) is 1.92. The summed E-state index contributed by atoms with van der Waals surface area (Å²) >= 11 is 9.32. The SMILES string of the molecule is COC(=O)c1ccc(C)c(NC(=O)COc2cc(Br)ccc2Cl)c1. The fraction of sp³-hybridized carbons (Fsp3) is 0.176. The number of ether oxygens (including phenoxy) is 2. The summed E-state index contributed by atoms with van der Waals surface area (Å²) in [5.41, 5.74) is 1.69. The molecule has 0 bridgehead atoms. The van der Waals surface area contributed by atoms with Gasteiger partial charge in [0, 0.05) is 10.2 Å². The van der Waals surface area contributed by atoms with Gasteiger partial charge in [-0.15, -0.1) is 0 Å². The number of rotatable bonds is 5.